The summed E-state index contributed by atoms with van der Waals surface area (Å²) < 4.78 is 0. The molecule has 0 saturated carbocycles. The second kappa shape index (κ2) is 6.09. The molecule has 2 rings (SSSR count). The maximum atomic E-state index is 12.6. The average Bonchev–Trinajstić information content (AvgIpc) is 2.38. The molecule has 0 radical (unpaired) electrons. The average molecular weight is 273 g/mol. The van der Waals surface area contributed by atoms with E-state index in [0.717, 1.165) is 11.1 Å². The smallest absolute Gasteiger partial charge is 0.177 e. The van der Waals surface area contributed by atoms with Gasteiger partial charge in [0.05, 0.1) is 6.54 Å². The van der Waals surface area contributed by atoms with Crippen LogP contribution in [-0.2, 0) is 0 Å². The maximum absolute atomic E-state index is 12.6. The molecule has 1 aliphatic heterocycles. The molecule has 2 heteroatoms. The third-order valence-corrected chi connectivity index (χ3v) is 4.84. The number of hydrogen-bond acceptors (Lipinski definition) is 2. The monoisotopic (exact) mass is 273 g/mol. The third-order valence-electron chi connectivity index (χ3n) is 4.84. The minimum atomic E-state index is 0.270. The molecule has 1 heterocycles. The lowest BCUT2D eigenvalue weighted by Gasteiger charge is -2.38. The van der Waals surface area contributed by atoms with Crippen LogP contribution in [0.3, 0.4) is 0 Å². The van der Waals surface area contributed by atoms with E-state index in [4.69, 9.17) is 0 Å². The number of carbonyl (C=O) groups excluding carboxylic acids is 1. The molecule has 0 spiro atoms. The van der Waals surface area contributed by atoms with E-state index in [0.29, 0.717) is 18.6 Å². The molecule has 1 aromatic rings. The van der Waals surface area contributed by atoms with Crippen LogP contribution in [0.1, 0.15) is 60.2 Å². The highest BCUT2D eigenvalue weighted by atomic mass is 16.1. The number of hydrogen-bond donors (Lipinski definition) is 0. The van der Waals surface area contributed by atoms with Crippen molar-refractivity contribution in [3.63, 3.8) is 0 Å². The van der Waals surface area contributed by atoms with Crippen LogP contribution in [0.15, 0.2) is 12.1 Å². The summed E-state index contributed by atoms with van der Waals surface area (Å²) in [7, 11) is 0. The van der Waals surface area contributed by atoms with Crippen LogP contribution in [-0.4, -0.2) is 29.3 Å². The van der Waals surface area contributed by atoms with Crippen molar-refractivity contribution in [3.05, 3.63) is 34.4 Å². The van der Waals surface area contributed by atoms with Gasteiger partial charge in [-0.05, 0) is 70.2 Å². The van der Waals surface area contributed by atoms with Gasteiger partial charge in [-0.3, -0.25) is 9.69 Å². The molecule has 20 heavy (non-hydrogen) atoms. The Labute approximate surface area is 123 Å². The molecular formula is C18H27NO. The summed E-state index contributed by atoms with van der Waals surface area (Å²) in [6.45, 7) is 11.3. The van der Waals surface area contributed by atoms with Gasteiger partial charge in [0.2, 0.25) is 0 Å². The molecule has 1 fully saturated rings. The highest BCUT2D eigenvalue weighted by Crippen LogP contribution is 2.23. The standard InChI is InChI=1S/C18H27NO/c1-12-9-14(3)17(10-13(12)2)18(20)11-19-15(4)7-6-8-16(19)5/h9-10,15-16H,6-8,11H2,1-5H3. The molecule has 0 amide bonds. The fourth-order valence-corrected chi connectivity index (χ4v) is 3.30. The summed E-state index contributed by atoms with van der Waals surface area (Å²) in [5.74, 6) is 0.270. The van der Waals surface area contributed by atoms with Crippen molar-refractivity contribution in [1.82, 2.24) is 4.90 Å². The van der Waals surface area contributed by atoms with Gasteiger partial charge in [-0.2, -0.15) is 0 Å². The Hall–Kier alpha value is -1.15. The van der Waals surface area contributed by atoms with Crippen molar-refractivity contribution >= 4 is 5.78 Å². The van der Waals surface area contributed by atoms with Gasteiger partial charge in [0, 0.05) is 17.6 Å². The van der Waals surface area contributed by atoms with Gasteiger partial charge >= 0.3 is 0 Å². The van der Waals surface area contributed by atoms with Gasteiger partial charge < -0.3 is 0 Å². The highest BCUT2D eigenvalue weighted by molar-refractivity contribution is 5.99. The van der Waals surface area contributed by atoms with Gasteiger partial charge in [-0.25, -0.2) is 0 Å². The van der Waals surface area contributed by atoms with E-state index < -0.39 is 0 Å². The maximum Gasteiger partial charge on any atom is 0.177 e. The topological polar surface area (TPSA) is 20.3 Å². The Bertz CT molecular complexity index is 496. The number of nitrogens with zero attached hydrogens (tertiary/aromatic N) is 1. The zero-order valence-electron chi connectivity index (χ0n) is 13.5. The van der Waals surface area contributed by atoms with Crippen LogP contribution in [0.4, 0.5) is 0 Å². The summed E-state index contributed by atoms with van der Waals surface area (Å²) in [6, 6.07) is 5.24. The minimum absolute atomic E-state index is 0.270. The fourth-order valence-electron chi connectivity index (χ4n) is 3.30. The first-order valence-electron chi connectivity index (χ1n) is 7.77. The highest BCUT2D eigenvalue weighted by Gasteiger charge is 2.27. The molecule has 2 nitrogen and oxygen atoms in total. The summed E-state index contributed by atoms with van der Waals surface area (Å²) >= 11 is 0. The van der Waals surface area contributed by atoms with Crippen LogP contribution >= 0.6 is 0 Å². The molecule has 0 aliphatic carbocycles. The van der Waals surface area contributed by atoms with E-state index in [-0.39, 0.29) is 5.78 Å². The Morgan fingerprint density at radius 3 is 2.20 bits per heavy atom. The molecule has 2 atom stereocenters. The Morgan fingerprint density at radius 1 is 1.05 bits per heavy atom. The van der Waals surface area contributed by atoms with E-state index in [2.05, 4.69) is 44.7 Å². The van der Waals surface area contributed by atoms with E-state index in [9.17, 15) is 4.79 Å². The summed E-state index contributed by atoms with van der Waals surface area (Å²) in [5, 5.41) is 0. The Morgan fingerprint density at radius 2 is 1.60 bits per heavy atom. The van der Waals surface area contributed by atoms with Crippen molar-refractivity contribution < 1.29 is 4.79 Å². The Kier molecular flexibility index (Phi) is 4.64. The molecule has 1 saturated heterocycles. The second-order valence-corrected chi connectivity index (χ2v) is 6.48. The van der Waals surface area contributed by atoms with Gasteiger partial charge in [-0.15, -0.1) is 0 Å². The first kappa shape index (κ1) is 15.2. The molecular weight excluding hydrogens is 246 g/mol. The number of likely N-dealkylation sites (tertiary alicyclic amines) is 1. The molecule has 0 aromatic heterocycles. The third kappa shape index (κ3) is 3.12. The first-order valence-corrected chi connectivity index (χ1v) is 7.77. The van der Waals surface area contributed by atoms with Crippen molar-refractivity contribution in [2.45, 2.75) is 66.0 Å². The summed E-state index contributed by atoms with van der Waals surface area (Å²) in [5.41, 5.74) is 4.48. The molecule has 110 valence electrons. The first-order chi connectivity index (χ1) is 9.40. The van der Waals surface area contributed by atoms with Crippen LogP contribution in [0, 0.1) is 20.8 Å². The van der Waals surface area contributed by atoms with Crippen LogP contribution in [0.2, 0.25) is 0 Å². The van der Waals surface area contributed by atoms with Gasteiger partial charge in [-0.1, -0.05) is 12.5 Å². The predicted molar refractivity (Wildman–Crippen MR) is 84.5 cm³/mol. The minimum Gasteiger partial charge on any atom is -0.293 e. The second-order valence-electron chi connectivity index (χ2n) is 6.48. The number of piperidine rings is 1. The van der Waals surface area contributed by atoms with Crippen molar-refractivity contribution in [3.8, 4) is 0 Å². The zero-order chi connectivity index (χ0) is 14.9. The van der Waals surface area contributed by atoms with Crippen molar-refractivity contribution in [1.29, 1.82) is 0 Å². The van der Waals surface area contributed by atoms with Crippen LogP contribution in [0.25, 0.3) is 0 Å². The number of ketones is 1. The molecule has 0 N–H and O–H groups in total. The van der Waals surface area contributed by atoms with Crippen LogP contribution < -0.4 is 0 Å². The summed E-state index contributed by atoms with van der Waals surface area (Å²) in [6.07, 6.45) is 3.71. The van der Waals surface area contributed by atoms with Gasteiger partial charge in [0.1, 0.15) is 0 Å². The van der Waals surface area contributed by atoms with Gasteiger partial charge in [0.25, 0.3) is 0 Å². The van der Waals surface area contributed by atoms with E-state index >= 15 is 0 Å². The lowest BCUT2D eigenvalue weighted by molar-refractivity contribution is 0.0733. The van der Waals surface area contributed by atoms with E-state index in [1.54, 1.807) is 0 Å². The number of benzene rings is 1. The Balaban J connectivity index is 2.17. The molecule has 1 aliphatic rings. The quantitative estimate of drug-likeness (QED) is 0.774. The number of aryl methyl sites for hydroxylation is 3. The van der Waals surface area contributed by atoms with E-state index in [1.807, 2.05) is 6.92 Å². The lowest BCUT2D eigenvalue weighted by Crippen LogP contribution is -2.46. The predicted octanol–water partition coefficient (Wildman–Crippen LogP) is 4.06. The largest absolute Gasteiger partial charge is 0.293 e. The number of Topliss-reactive ketones (excluding diaryl/α,β-unsaturated/α-hetero) is 1. The van der Waals surface area contributed by atoms with Gasteiger partial charge in [0.15, 0.2) is 5.78 Å². The lowest BCUT2D eigenvalue weighted by atomic mass is 9.94. The SMILES string of the molecule is Cc1cc(C)c(C(=O)CN2C(C)CCCC2C)cc1C. The molecule has 0 bridgehead atoms. The van der Waals surface area contributed by atoms with Crippen molar-refractivity contribution in [2.24, 2.45) is 0 Å². The van der Waals surface area contributed by atoms with Crippen LogP contribution in [0.5, 0.6) is 0 Å². The zero-order valence-corrected chi connectivity index (χ0v) is 13.5. The molecule has 1 aromatic carbocycles. The fraction of sp³-hybridized carbons (Fsp3) is 0.611. The van der Waals surface area contributed by atoms with E-state index in [1.165, 1.54) is 30.4 Å². The number of rotatable bonds is 3. The van der Waals surface area contributed by atoms with Crippen molar-refractivity contribution in [2.75, 3.05) is 6.54 Å². The number of carbonyl (C=O) groups is 1. The normalized spacial score (nSPS) is 23.9. The molecule has 2 unspecified atom stereocenters. The summed E-state index contributed by atoms with van der Waals surface area (Å²) in [4.78, 5) is 15.0.